The molecule has 1 aromatic carbocycles. The zero-order valence-electron chi connectivity index (χ0n) is 12.9. The van der Waals surface area contributed by atoms with E-state index < -0.39 is 5.54 Å². The lowest BCUT2D eigenvalue weighted by Crippen LogP contribution is -2.45. The van der Waals surface area contributed by atoms with Crippen molar-refractivity contribution in [2.45, 2.75) is 64.6 Å². The molecule has 1 aliphatic rings. The molecule has 1 N–H and O–H groups in total. The summed E-state index contributed by atoms with van der Waals surface area (Å²) >= 11 is 0. The van der Waals surface area contributed by atoms with E-state index in [0.29, 0.717) is 12.5 Å². The van der Waals surface area contributed by atoms with Crippen molar-refractivity contribution in [3.63, 3.8) is 0 Å². The Hall–Kier alpha value is -1.53. The standard InChI is InChI=1S/C17H24N2O/c1-12-5-8-16(13(2)9-12)20-14(3)10-17(4,11-18)19-15-6-7-15/h5,8-9,14-15,19H,6-7,10H2,1-4H3. The Morgan fingerprint density at radius 3 is 2.70 bits per heavy atom. The largest absolute Gasteiger partial charge is 0.490 e. The van der Waals surface area contributed by atoms with Crippen LogP contribution >= 0.6 is 0 Å². The van der Waals surface area contributed by atoms with Gasteiger partial charge in [0.1, 0.15) is 11.3 Å². The van der Waals surface area contributed by atoms with Crippen LogP contribution in [0.25, 0.3) is 0 Å². The number of nitriles is 1. The van der Waals surface area contributed by atoms with Gasteiger partial charge in [-0.05, 0) is 52.2 Å². The summed E-state index contributed by atoms with van der Waals surface area (Å²) in [5.41, 5.74) is 1.88. The maximum absolute atomic E-state index is 9.40. The minimum absolute atomic E-state index is 0.00676. The molecule has 2 atom stereocenters. The number of benzene rings is 1. The molecule has 3 nitrogen and oxygen atoms in total. The van der Waals surface area contributed by atoms with Gasteiger partial charge >= 0.3 is 0 Å². The number of ether oxygens (including phenoxy) is 1. The molecule has 0 bridgehead atoms. The van der Waals surface area contributed by atoms with Gasteiger partial charge in [0.2, 0.25) is 0 Å². The van der Waals surface area contributed by atoms with Gasteiger partial charge < -0.3 is 4.74 Å². The van der Waals surface area contributed by atoms with Crippen molar-refractivity contribution in [3.8, 4) is 11.8 Å². The van der Waals surface area contributed by atoms with Gasteiger partial charge in [0.15, 0.2) is 0 Å². The first-order chi connectivity index (χ1) is 9.42. The van der Waals surface area contributed by atoms with E-state index in [1.807, 2.05) is 19.9 Å². The first-order valence-corrected chi connectivity index (χ1v) is 7.35. The van der Waals surface area contributed by atoms with Crippen LogP contribution in [-0.4, -0.2) is 17.7 Å². The topological polar surface area (TPSA) is 45.0 Å². The summed E-state index contributed by atoms with van der Waals surface area (Å²) in [7, 11) is 0. The average Bonchev–Trinajstić information content (AvgIpc) is 3.16. The fourth-order valence-electron chi connectivity index (χ4n) is 2.58. The SMILES string of the molecule is Cc1ccc(OC(C)CC(C)(C#N)NC2CC2)c(C)c1. The summed E-state index contributed by atoms with van der Waals surface area (Å²) in [5, 5.41) is 12.8. The lowest BCUT2D eigenvalue weighted by Gasteiger charge is -2.27. The minimum atomic E-state index is -0.501. The molecule has 1 fully saturated rings. The quantitative estimate of drug-likeness (QED) is 0.862. The van der Waals surface area contributed by atoms with Gasteiger partial charge in [-0.1, -0.05) is 17.7 Å². The molecule has 0 saturated heterocycles. The Bertz CT molecular complexity index is 516. The molecule has 1 aliphatic carbocycles. The molecular formula is C17H24N2O. The minimum Gasteiger partial charge on any atom is -0.490 e. The number of hydrogen-bond acceptors (Lipinski definition) is 3. The zero-order valence-corrected chi connectivity index (χ0v) is 12.9. The summed E-state index contributed by atoms with van der Waals surface area (Å²) in [6.07, 6.45) is 3.06. The Morgan fingerprint density at radius 2 is 2.15 bits per heavy atom. The van der Waals surface area contributed by atoms with Crippen LogP contribution in [0.15, 0.2) is 18.2 Å². The smallest absolute Gasteiger partial charge is 0.122 e. The summed E-state index contributed by atoms with van der Waals surface area (Å²) in [6, 6.07) is 9.11. The Balaban J connectivity index is 1.96. The molecule has 0 aromatic heterocycles. The van der Waals surface area contributed by atoms with Crippen molar-refractivity contribution in [3.05, 3.63) is 29.3 Å². The third-order valence-corrected chi connectivity index (χ3v) is 3.70. The Labute approximate surface area is 121 Å². The summed E-state index contributed by atoms with van der Waals surface area (Å²) < 4.78 is 6.01. The second-order valence-corrected chi connectivity index (χ2v) is 6.26. The first kappa shape index (κ1) is 14.9. The molecule has 2 rings (SSSR count). The van der Waals surface area contributed by atoms with Crippen molar-refractivity contribution in [2.75, 3.05) is 0 Å². The molecule has 0 heterocycles. The maximum atomic E-state index is 9.40. The number of nitrogens with one attached hydrogen (secondary N) is 1. The lowest BCUT2D eigenvalue weighted by molar-refractivity contribution is 0.178. The fourth-order valence-corrected chi connectivity index (χ4v) is 2.58. The molecule has 0 spiro atoms. The van der Waals surface area contributed by atoms with E-state index in [2.05, 4.69) is 37.4 Å². The monoisotopic (exact) mass is 272 g/mol. The van der Waals surface area contributed by atoms with Gasteiger partial charge in [-0.15, -0.1) is 0 Å². The van der Waals surface area contributed by atoms with Crippen molar-refractivity contribution < 1.29 is 4.74 Å². The third kappa shape index (κ3) is 3.98. The second kappa shape index (κ2) is 5.85. The molecule has 0 aliphatic heterocycles. The van der Waals surface area contributed by atoms with Crippen LogP contribution in [0.5, 0.6) is 5.75 Å². The van der Waals surface area contributed by atoms with Gasteiger partial charge in [0, 0.05) is 12.5 Å². The summed E-state index contributed by atoms with van der Waals surface area (Å²) in [6.45, 7) is 8.13. The molecule has 2 unspecified atom stereocenters. The molecule has 0 amide bonds. The van der Waals surface area contributed by atoms with Crippen molar-refractivity contribution in [1.82, 2.24) is 5.32 Å². The van der Waals surface area contributed by atoms with Gasteiger partial charge in [0.05, 0.1) is 12.2 Å². The highest BCUT2D eigenvalue weighted by Gasteiger charge is 2.34. The Kier molecular flexibility index (Phi) is 4.35. The second-order valence-electron chi connectivity index (χ2n) is 6.26. The van der Waals surface area contributed by atoms with Crippen LogP contribution < -0.4 is 10.1 Å². The van der Waals surface area contributed by atoms with E-state index in [9.17, 15) is 5.26 Å². The van der Waals surface area contributed by atoms with E-state index in [0.717, 1.165) is 11.3 Å². The van der Waals surface area contributed by atoms with E-state index in [-0.39, 0.29) is 6.10 Å². The van der Waals surface area contributed by atoms with Gasteiger partial charge in [0.25, 0.3) is 0 Å². The van der Waals surface area contributed by atoms with Crippen LogP contribution in [-0.2, 0) is 0 Å². The van der Waals surface area contributed by atoms with Crippen LogP contribution in [0.3, 0.4) is 0 Å². The molecule has 3 heteroatoms. The predicted molar refractivity (Wildman–Crippen MR) is 80.8 cm³/mol. The molecule has 0 radical (unpaired) electrons. The number of aryl methyl sites for hydroxylation is 2. The zero-order chi connectivity index (χ0) is 14.8. The molecule has 108 valence electrons. The van der Waals surface area contributed by atoms with E-state index in [1.165, 1.54) is 18.4 Å². The Morgan fingerprint density at radius 1 is 1.45 bits per heavy atom. The van der Waals surface area contributed by atoms with E-state index in [1.54, 1.807) is 0 Å². The van der Waals surface area contributed by atoms with E-state index >= 15 is 0 Å². The van der Waals surface area contributed by atoms with Crippen LogP contribution in [0, 0.1) is 25.2 Å². The molecule has 20 heavy (non-hydrogen) atoms. The predicted octanol–water partition coefficient (Wildman–Crippen LogP) is 3.50. The van der Waals surface area contributed by atoms with Crippen molar-refractivity contribution in [2.24, 2.45) is 0 Å². The van der Waals surface area contributed by atoms with Crippen LogP contribution in [0.1, 0.15) is 44.2 Å². The van der Waals surface area contributed by atoms with E-state index in [4.69, 9.17) is 4.74 Å². The molecular weight excluding hydrogens is 248 g/mol. The van der Waals surface area contributed by atoms with Gasteiger partial charge in [-0.25, -0.2) is 0 Å². The van der Waals surface area contributed by atoms with Gasteiger partial charge in [-0.2, -0.15) is 5.26 Å². The maximum Gasteiger partial charge on any atom is 0.122 e. The number of rotatable bonds is 6. The number of hydrogen-bond donors (Lipinski definition) is 1. The third-order valence-electron chi connectivity index (χ3n) is 3.70. The average molecular weight is 272 g/mol. The van der Waals surface area contributed by atoms with Crippen molar-refractivity contribution >= 4 is 0 Å². The highest BCUT2D eigenvalue weighted by atomic mass is 16.5. The summed E-state index contributed by atoms with van der Waals surface area (Å²) in [4.78, 5) is 0. The number of nitrogens with zero attached hydrogens (tertiary/aromatic N) is 1. The van der Waals surface area contributed by atoms with Crippen LogP contribution in [0.4, 0.5) is 0 Å². The molecule has 1 saturated carbocycles. The summed E-state index contributed by atoms with van der Waals surface area (Å²) in [5.74, 6) is 0.912. The molecule has 1 aromatic rings. The lowest BCUT2D eigenvalue weighted by atomic mass is 9.96. The fraction of sp³-hybridized carbons (Fsp3) is 0.588. The van der Waals surface area contributed by atoms with Crippen LogP contribution in [0.2, 0.25) is 0 Å². The first-order valence-electron chi connectivity index (χ1n) is 7.35. The highest BCUT2D eigenvalue weighted by Crippen LogP contribution is 2.26. The van der Waals surface area contributed by atoms with Crippen molar-refractivity contribution in [1.29, 1.82) is 5.26 Å². The van der Waals surface area contributed by atoms with Gasteiger partial charge in [-0.3, -0.25) is 5.32 Å². The normalized spacial score (nSPS) is 18.9. The highest BCUT2D eigenvalue weighted by molar-refractivity contribution is 5.35.